The Morgan fingerprint density at radius 1 is 0.667 bits per heavy atom. The second kappa shape index (κ2) is 11.0. The molecule has 5 aromatic rings. The van der Waals surface area contributed by atoms with Crippen LogP contribution in [0.25, 0.3) is 11.4 Å². The van der Waals surface area contributed by atoms with Gasteiger partial charge in [0.2, 0.25) is 0 Å². The summed E-state index contributed by atoms with van der Waals surface area (Å²) >= 11 is 17.2. The molecule has 0 aliphatic carbocycles. The van der Waals surface area contributed by atoms with Gasteiger partial charge < -0.3 is 4.90 Å². The maximum Gasteiger partial charge on any atom is 0.199 e. The second-order valence-corrected chi connectivity index (χ2v) is 9.41. The Bertz CT molecular complexity index is 1440. The van der Waals surface area contributed by atoms with E-state index in [4.69, 9.17) is 36.0 Å². The molecule has 0 atom stereocenters. The fourth-order valence-corrected chi connectivity index (χ4v) is 4.81. The Hall–Kier alpha value is -3.53. The van der Waals surface area contributed by atoms with Crippen LogP contribution in [-0.2, 0) is 12.8 Å². The van der Waals surface area contributed by atoms with Crippen LogP contribution >= 0.6 is 36.0 Å². The number of nitrogens with zero attached hydrogens (tertiary/aromatic N) is 5. The lowest BCUT2D eigenvalue weighted by Gasteiger charge is -2.25. The van der Waals surface area contributed by atoms with Crippen molar-refractivity contribution >= 4 is 41.7 Å². The van der Waals surface area contributed by atoms with Gasteiger partial charge in [0.05, 0.1) is 0 Å². The zero-order valence-corrected chi connectivity index (χ0v) is 21.7. The Balaban J connectivity index is 1.39. The molecule has 0 saturated carbocycles. The third-order valence-corrected chi connectivity index (χ3v) is 6.71. The van der Waals surface area contributed by atoms with Crippen LogP contribution in [-0.4, -0.2) is 42.6 Å². The minimum absolute atomic E-state index is 0.577. The molecule has 0 aliphatic heterocycles. The molecule has 2 heterocycles. The number of benzene rings is 3. The van der Waals surface area contributed by atoms with E-state index in [1.807, 2.05) is 94.1 Å². The number of H-pyrrole nitrogens is 2. The van der Waals surface area contributed by atoms with Crippen LogP contribution in [0.4, 0.5) is 5.69 Å². The Morgan fingerprint density at radius 3 is 1.56 bits per heavy atom. The molecule has 2 aromatic heterocycles. The monoisotopic (exact) mass is 533 g/mol. The van der Waals surface area contributed by atoms with E-state index in [2.05, 4.69) is 25.3 Å². The highest BCUT2D eigenvalue weighted by Crippen LogP contribution is 2.20. The van der Waals surface area contributed by atoms with Crippen molar-refractivity contribution in [2.75, 3.05) is 18.0 Å². The molecule has 0 spiro atoms. The summed E-state index contributed by atoms with van der Waals surface area (Å²) in [6.07, 6.45) is 1.38. The molecular formula is C26H24ClN7S2. The number of nitrogens with one attached hydrogen (secondary N) is 2. The Morgan fingerprint density at radius 2 is 1.11 bits per heavy atom. The predicted octanol–water partition coefficient (Wildman–Crippen LogP) is 6.12. The molecular weight excluding hydrogens is 510 g/mol. The summed E-state index contributed by atoms with van der Waals surface area (Å²) in [5, 5.41) is 15.6. The van der Waals surface area contributed by atoms with Crippen LogP contribution in [0.1, 0.15) is 11.6 Å². The second-order valence-electron chi connectivity index (χ2n) is 8.20. The summed E-state index contributed by atoms with van der Waals surface area (Å²) < 4.78 is 5.12. The number of hydrogen-bond acceptors (Lipinski definition) is 5. The fraction of sp³-hybridized carbons (Fsp3) is 0.154. The van der Waals surface area contributed by atoms with Gasteiger partial charge in [-0.05, 0) is 73.0 Å². The Kier molecular flexibility index (Phi) is 7.41. The van der Waals surface area contributed by atoms with Gasteiger partial charge in [-0.15, -0.1) is 0 Å². The van der Waals surface area contributed by atoms with E-state index in [0.717, 1.165) is 41.8 Å². The van der Waals surface area contributed by atoms with Gasteiger partial charge in [-0.25, -0.2) is 0 Å². The molecule has 0 amide bonds. The maximum absolute atomic E-state index is 6.17. The zero-order valence-electron chi connectivity index (χ0n) is 19.3. The highest BCUT2D eigenvalue weighted by molar-refractivity contribution is 7.71. The zero-order chi connectivity index (χ0) is 24.9. The van der Waals surface area contributed by atoms with E-state index >= 15 is 0 Å². The van der Waals surface area contributed by atoms with Gasteiger partial charge in [-0.3, -0.25) is 19.3 Å². The Labute approximate surface area is 224 Å². The molecule has 182 valence electrons. The first-order valence-electron chi connectivity index (χ1n) is 11.5. The molecule has 3 aromatic carbocycles. The van der Waals surface area contributed by atoms with Crippen molar-refractivity contribution in [3.8, 4) is 11.4 Å². The number of rotatable bonds is 9. The lowest BCUT2D eigenvalue weighted by atomic mass is 10.2. The number of hydrogen-bond donors (Lipinski definition) is 2. The quantitative estimate of drug-likeness (QED) is 0.223. The molecule has 0 radical (unpaired) electrons. The molecule has 0 fully saturated rings. The number of aromatic amines is 2. The molecule has 10 heteroatoms. The molecule has 0 aliphatic rings. The summed E-state index contributed by atoms with van der Waals surface area (Å²) in [6.45, 7) is 1.45. The van der Waals surface area contributed by atoms with Crippen molar-refractivity contribution in [1.82, 2.24) is 29.5 Å². The van der Waals surface area contributed by atoms with Crippen LogP contribution in [0, 0.1) is 9.54 Å². The molecule has 0 saturated heterocycles. The third kappa shape index (κ3) is 5.33. The normalized spacial score (nSPS) is 11.0. The summed E-state index contributed by atoms with van der Waals surface area (Å²) in [5.74, 6) is 1.74. The van der Waals surface area contributed by atoms with Crippen LogP contribution in [0.2, 0.25) is 5.02 Å². The van der Waals surface area contributed by atoms with E-state index in [9.17, 15) is 0 Å². The van der Waals surface area contributed by atoms with Gasteiger partial charge in [0.1, 0.15) is 11.6 Å². The summed E-state index contributed by atoms with van der Waals surface area (Å²) in [7, 11) is 0. The number of aromatic nitrogens is 6. The standard InChI is InChI=1S/C26H24ClN7S2/c27-19-11-13-20(14-12-19)32(17-15-23-28-30-25(35)33(23)21-7-3-1-4-8-21)18-16-24-29-31-26(36)34(24)22-9-5-2-6-10-22/h1-14H,15-18H2,(H,30,35)(H,31,36). The van der Waals surface area contributed by atoms with Crippen LogP contribution in [0.5, 0.6) is 0 Å². The number of halogens is 1. The van der Waals surface area contributed by atoms with E-state index in [-0.39, 0.29) is 0 Å². The van der Waals surface area contributed by atoms with Gasteiger partial charge >= 0.3 is 0 Å². The maximum atomic E-state index is 6.17. The molecule has 0 unspecified atom stereocenters. The summed E-state index contributed by atoms with van der Waals surface area (Å²) in [5.41, 5.74) is 3.05. The minimum Gasteiger partial charge on any atom is -0.371 e. The van der Waals surface area contributed by atoms with Gasteiger partial charge in [0.15, 0.2) is 9.54 Å². The highest BCUT2D eigenvalue weighted by Gasteiger charge is 2.15. The molecule has 0 bridgehead atoms. The van der Waals surface area contributed by atoms with Gasteiger partial charge in [-0.1, -0.05) is 48.0 Å². The van der Waals surface area contributed by atoms with Crippen molar-refractivity contribution in [2.45, 2.75) is 12.8 Å². The van der Waals surface area contributed by atoms with E-state index < -0.39 is 0 Å². The average molecular weight is 534 g/mol. The van der Waals surface area contributed by atoms with E-state index in [0.29, 0.717) is 27.4 Å². The molecule has 36 heavy (non-hydrogen) atoms. The first kappa shape index (κ1) is 24.2. The van der Waals surface area contributed by atoms with Crippen molar-refractivity contribution in [2.24, 2.45) is 0 Å². The fourth-order valence-electron chi connectivity index (χ4n) is 4.17. The average Bonchev–Trinajstić information content (AvgIpc) is 3.47. The molecule has 7 nitrogen and oxygen atoms in total. The topological polar surface area (TPSA) is 70.5 Å². The molecule has 2 N–H and O–H groups in total. The first-order chi connectivity index (χ1) is 17.6. The van der Waals surface area contributed by atoms with Gasteiger partial charge in [0, 0.05) is 48.0 Å². The predicted molar refractivity (Wildman–Crippen MR) is 149 cm³/mol. The van der Waals surface area contributed by atoms with Crippen LogP contribution in [0.15, 0.2) is 84.9 Å². The van der Waals surface area contributed by atoms with Crippen molar-refractivity contribution in [3.63, 3.8) is 0 Å². The lowest BCUT2D eigenvalue weighted by molar-refractivity contribution is 0.712. The minimum atomic E-state index is 0.577. The smallest absolute Gasteiger partial charge is 0.199 e. The third-order valence-electron chi connectivity index (χ3n) is 5.91. The lowest BCUT2D eigenvalue weighted by Crippen LogP contribution is -2.29. The van der Waals surface area contributed by atoms with Gasteiger partial charge in [0.25, 0.3) is 0 Å². The van der Waals surface area contributed by atoms with E-state index in [1.54, 1.807) is 0 Å². The summed E-state index contributed by atoms with van der Waals surface area (Å²) in [4.78, 5) is 2.30. The highest BCUT2D eigenvalue weighted by atomic mass is 35.5. The summed E-state index contributed by atoms with van der Waals surface area (Å²) in [6, 6.07) is 27.9. The number of anilines is 1. The first-order valence-corrected chi connectivity index (χ1v) is 12.7. The largest absolute Gasteiger partial charge is 0.371 e. The van der Waals surface area contributed by atoms with Crippen molar-refractivity contribution < 1.29 is 0 Å². The SMILES string of the molecule is S=c1[nH]nc(CCN(CCc2n[nH]c(=S)n2-c2ccccc2)c2ccc(Cl)cc2)n1-c1ccccc1. The van der Waals surface area contributed by atoms with Crippen LogP contribution in [0.3, 0.4) is 0 Å². The van der Waals surface area contributed by atoms with E-state index in [1.165, 1.54) is 0 Å². The van der Waals surface area contributed by atoms with Crippen LogP contribution < -0.4 is 4.90 Å². The molecule has 5 rings (SSSR count). The van der Waals surface area contributed by atoms with Crippen molar-refractivity contribution in [1.29, 1.82) is 0 Å². The van der Waals surface area contributed by atoms with Crippen molar-refractivity contribution in [3.05, 3.63) is 111 Å². The van der Waals surface area contributed by atoms with Gasteiger partial charge in [-0.2, -0.15) is 10.2 Å². The number of para-hydroxylation sites is 2.